The zero-order valence-electron chi connectivity index (χ0n) is 5.41. The summed E-state index contributed by atoms with van der Waals surface area (Å²) in [6.45, 7) is 1.43. The Balaban J connectivity index is 0.000000187. The van der Waals surface area contributed by atoms with Crippen LogP contribution in [0.25, 0.3) is 0 Å². The maximum absolute atomic E-state index is 7.32. The highest BCUT2D eigenvalue weighted by Gasteiger charge is 1.57. The molecule has 1 aromatic carbocycles. The Bertz CT molecular complexity index is 135. The first-order chi connectivity index (χ1) is 4.41. The highest BCUT2D eigenvalue weighted by Crippen LogP contribution is 1.79. The minimum Gasteiger partial charge on any atom is -0.199 e. The highest BCUT2D eigenvalue weighted by molar-refractivity contribution is 4.99. The Morgan fingerprint density at radius 3 is 1.11 bits per heavy atom. The fraction of sp³-hybridized carbons (Fsp3) is 0.125. The van der Waals surface area contributed by atoms with Crippen molar-refractivity contribution in [3.8, 4) is 6.07 Å². The van der Waals surface area contributed by atoms with Gasteiger partial charge in [0.25, 0.3) is 0 Å². The van der Waals surface area contributed by atoms with E-state index in [1.807, 2.05) is 36.4 Å². The number of benzene rings is 1. The third-order valence-electron chi connectivity index (χ3n) is 0.667. The van der Waals surface area contributed by atoms with E-state index in [9.17, 15) is 0 Å². The minimum absolute atomic E-state index is 1.43. The van der Waals surface area contributed by atoms with Gasteiger partial charge in [-0.25, -0.2) is 0 Å². The molecule has 0 spiro atoms. The van der Waals surface area contributed by atoms with Crippen LogP contribution < -0.4 is 0 Å². The first kappa shape index (κ1) is 7.71. The average Bonchev–Trinajstić information content (AvgIpc) is 1.93. The molecule has 0 aliphatic carbocycles. The molecule has 1 rings (SSSR count). The van der Waals surface area contributed by atoms with E-state index in [0.717, 1.165) is 0 Å². The van der Waals surface area contributed by atoms with E-state index in [4.69, 9.17) is 5.26 Å². The van der Waals surface area contributed by atoms with E-state index < -0.39 is 0 Å². The monoisotopic (exact) mass is 119 g/mol. The second-order valence-electron chi connectivity index (χ2n) is 1.38. The summed E-state index contributed by atoms with van der Waals surface area (Å²) < 4.78 is 0. The first-order valence-corrected chi connectivity index (χ1v) is 2.72. The lowest BCUT2D eigenvalue weighted by atomic mass is 10.4. The van der Waals surface area contributed by atoms with Gasteiger partial charge in [0, 0.05) is 6.92 Å². The van der Waals surface area contributed by atoms with Gasteiger partial charge < -0.3 is 0 Å². The molecule has 0 atom stereocenters. The van der Waals surface area contributed by atoms with Gasteiger partial charge in [-0.15, -0.1) is 0 Å². The van der Waals surface area contributed by atoms with E-state index in [1.165, 1.54) is 6.92 Å². The van der Waals surface area contributed by atoms with E-state index in [2.05, 4.69) is 0 Å². The first-order valence-electron chi connectivity index (χ1n) is 2.72. The van der Waals surface area contributed by atoms with Crippen molar-refractivity contribution >= 4 is 0 Å². The van der Waals surface area contributed by atoms with Crippen LogP contribution in [0.5, 0.6) is 0 Å². The Kier molecular flexibility index (Phi) is 5.75. The molecule has 0 bridgehead atoms. The van der Waals surface area contributed by atoms with Gasteiger partial charge >= 0.3 is 0 Å². The van der Waals surface area contributed by atoms with Crippen LogP contribution in [0, 0.1) is 11.3 Å². The van der Waals surface area contributed by atoms with Crippen molar-refractivity contribution in [2.75, 3.05) is 0 Å². The lowest BCUT2D eigenvalue weighted by Crippen LogP contribution is -1.47. The smallest absolute Gasteiger partial charge is 0.0587 e. The Hall–Kier alpha value is -1.29. The molecule has 1 heteroatoms. The van der Waals surface area contributed by atoms with Gasteiger partial charge in [0.2, 0.25) is 0 Å². The second kappa shape index (κ2) is 6.71. The summed E-state index contributed by atoms with van der Waals surface area (Å²) in [5.41, 5.74) is 0. The third-order valence-corrected chi connectivity index (χ3v) is 0.667. The topological polar surface area (TPSA) is 23.8 Å². The van der Waals surface area contributed by atoms with Gasteiger partial charge in [-0.3, -0.25) is 0 Å². The lowest BCUT2D eigenvalue weighted by Gasteiger charge is -1.69. The van der Waals surface area contributed by atoms with Crippen LogP contribution in [0.4, 0.5) is 0 Å². The van der Waals surface area contributed by atoms with Crippen LogP contribution in [0.2, 0.25) is 0 Å². The molecule has 0 N–H and O–H groups in total. The molecule has 0 aliphatic rings. The van der Waals surface area contributed by atoms with Crippen LogP contribution in [0.3, 0.4) is 0 Å². The van der Waals surface area contributed by atoms with Gasteiger partial charge in [-0.1, -0.05) is 36.4 Å². The Morgan fingerprint density at radius 1 is 0.889 bits per heavy atom. The third kappa shape index (κ3) is 6.71. The molecule has 9 heavy (non-hydrogen) atoms. The summed E-state index contributed by atoms with van der Waals surface area (Å²) >= 11 is 0. The Morgan fingerprint density at radius 2 is 1.00 bits per heavy atom. The van der Waals surface area contributed by atoms with E-state index in [1.54, 1.807) is 6.07 Å². The molecule has 0 fully saturated rings. The van der Waals surface area contributed by atoms with Crippen LogP contribution >= 0.6 is 0 Å². The lowest BCUT2D eigenvalue weighted by molar-refractivity contribution is 1.49. The molecule has 0 saturated carbocycles. The second-order valence-corrected chi connectivity index (χ2v) is 1.38. The van der Waals surface area contributed by atoms with E-state index in [0.29, 0.717) is 0 Å². The van der Waals surface area contributed by atoms with Crippen LogP contribution in [-0.4, -0.2) is 0 Å². The van der Waals surface area contributed by atoms with Gasteiger partial charge in [0.05, 0.1) is 6.07 Å². The van der Waals surface area contributed by atoms with Crippen molar-refractivity contribution in [1.82, 2.24) is 0 Å². The molecule has 0 saturated heterocycles. The molecule has 0 radical (unpaired) electrons. The molecule has 0 aliphatic heterocycles. The maximum atomic E-state index is 7.32. The van der Waals surface area contributed by atoms with Gasteiger partial charge in [-0.2, -0.15) is 5.26 Å². The molecule has 0 aromatic heterocycles. The van der Waals surface area contributed by atoms with E-state index in [-0.39, 0.29) is 0 Å². The minimum atomic E-state index is 1.43. The van der Waals surface area contributed by atoms with Crippen LogP contribution in [0.15, 0.2) is 36.4 Å². The van der Waals surface area contributed by atoms with Crippen molar-refractivity contribution in [1.29, 1.82) is 5.26 Å². The quantitative estimate of drug-likeness (QED) is 0.513. The van der Waals surface area contributed by atoms with Gasteiger partial charge in [0.1, 0.15) is 0 Å². The zero-order valence-corrected chi connectivity index (χ0v) is 5.41. The zero-order chi connectivity index (χ0) is 6.95. The van der Waals surface area contributed by atoms with Gasteiger partial charge in [-0.05, 0) is 0 Å². The van der Waals surface area contributed by atoms with E-state index >= 15 is 0 Å². The highest BCUT2D eigenvalue weighted by atomic mass is 14.2. The fourth-order valence-electron chi connectivity index (χ4n) is 0.385. The number of rotatable bonds is 0. The summed E-state index contributed by atoms with van der Waals surface area (Å²) in [7, 11) is 0. The SMILES string of the molecule is CC#N.c1ccccc1. The molecule has 0 heterocycles. The summed E-state index contributed by atoms with van der Waals surface area (Å²) in [6.07, 6.45) is 0. The Labute approximate surface area is 55.6 Å². The van der Waals surface area contributed by atoms with Crippen LogP contribution in [-0.2, 0) is 0 Å². The fourth-order valence-corrected chi connectivity index (χ4v) is 0.385. The number of nitriles is 1. The maximum Gasteiger partial charge on any atom is 0.0587 e. The number of hydrogen-bond acceptors (Lipinski definition) is 1. The molecular formula is C8H9N. The standard InChI is InChI=1S/C6H6.C2H3N/c1-2-4-6-5-3-1;1-2-3/h1-6H;1H3. The normalized spacial score (nSPS) is 6.22. The predicted molar refractivity (Wildman–Crippen MR) is 37.7 cm³/mol. The summed E-state index contributed by atoms with van der Waals surface area (Å²) in [4.78, 5) is 0. The molecule has 1 aromatic rings. The van der Waals surface area contributed by atoms with Gasteiger partial charge in [0.15, 0.2) is 0 Å². The summed E-state index contributed by atoms with van der Waals surface area (Å²) in [5.74, 6) is 0. The summed E-state index contributed by atoms with van der Waals surface area (Å²) in [5, 5.41) is 7.32. The van der Waals surface area contributed by atoms with Crippen molar-refractivity contribution in [3.05, 3.63) is 36.4 Å². The predicted octanol–water partition coefficient (Wildman–Crippen LogP) is 2.22. The van der Waals surface area contributed by atoms with Crippen molar-refractivity contribution in [2.24, 2.45) is 0 Å². The molecule has 1 nitrogen and oxygen atoms in total. The number of nitrogens with zero attached hydrogens (tertiary/aromatic N) is 1. The summed E-state index contributed by atoms with van der Waals surface area (Å²) in [6, 6.07) is 13.8. The van der Waals surface area contributed by atoms with Crippen molar-refractivity contribution in [3.63, 3.8) is 0 Å². The largest absolute Gasteiger partial charge is 0.199 e. The van der Waals surface area contributed by atoms with Crippen molar-refractivity contribution in [2.45, 2.75) is 6.92 Å². The molecule has 0 amide bonds. The van der Waals surface area contributed by atoms with Crippen LogP contribution in [0.1, 0.15) is 6.92 Å². The number of hydrogen-bond donors (Lipinski definition) is 0. The molecule has 46 valence electrons. The molecular weight excluding hydrogens is 110 g/mol. The van der Waals surface area contributed by atoms with Crippen molar-refractivity contribution < 1.29 is 0 Å². The molecule has 0 unspecified atom stereocenters. The average molecular weight is 119 g/mol.